The van der Waals surface area contributed by atoms with Crippen molar-refractivity contribution in [3.63, 3.8) is 0 Å². The fraction of sp³-hybridized carbons (Fsp3) is 0.400. The maximum atomic E-state index is 11.2. The van der Waals surface area contributed by atoms with E-state index in [1.165, 1.54) is 6.26 Å². The molecule has 0 N–H and O–H groups in total. The van der Waals surface area contributed by atoms with Gasteiger partial charge in [-0.1, -0.05) is 12.1 Å². The van der Waals surface area contributed by atoms with E-state index in [1.807, 2.05) is 19.1 Å². The maximum absolute atomic E-state index is 11.2. The highest BCUT2D eigenvalue weighted by Crippen LogP contribution is 2.38. The molecule has 0 spiro atoms. The number of rotatable bonds is 2. The van der Waals surface area contributed by atoms with E-state index >= 15 is 0 Å². The lowest BCUT2D eigenvalue weighted by molar-refractivity contribution is 0.383. The van der Waals surface area contributed by atoms with E-state index in [0.717, 1.165) is 5.56 Å². The van der Waals surface area contributed by atoms with Crippen molar-refractivity contribution in [2.45, 2.75) is 24.0 Å². The third-order valence-corrected chi connectivity index (χ3v) is 3.48. The van der Waals surface area contributed by atoms with Gasteiger partial charge in [0.2, 0.25) is 0 Å². The van der Waals surface area contributed by atoms with Gasteiger partial charge in [0.05, 0.1) is 11.0 Å². The zero-order chi connectivity index (χ0) is 10.3. The molecular weight excluding hydrogens is 200 g/mol. The van der Waals surface area contributed by atoms with Gasteiger partial charge < -0.3 is 4.74 Å². The summed E-state index contributed by atoms with van der Waals surface area (Å²) in [5.41, 5.74) is 1.05. The number of hydrogen-bond donors (Lipinski definition) is 0. The molecule has 1 saturated heterocycles. The van der Waals surface area contributed by atoms with Crippen molar-refractivity contribution >= 4 is 9.84 Å². The molecule has 0 saturated carbocycles. The summed E-state index contributed by atoms with van der Waals surface area (Å²) in [6, 6.07) is 6.87. The van der Waals surface area contributed by atoms with Crippen LogP contribution >= 0.6 is 0 Å². The van der Waals surface area contributed by atoms with Gasteiger partial charge in [-0.3, -0.25) is 0 Å². The van der Waals surface area contributed by atoms with E-state index in [-0.39, 0.29) is 12.2 Å². The molecule has 1 heterocycles. The second-order valence-electron chi connectivity index (χ2n) is 3.60. The number of benzene rings is 1. The predicted molar refractivity (Wildman–Crippen MR) is 52.8 cm³/mol. The van der Waals surface area contributed by atoms with Crippen molar-refractivity contribution in [1.29, 1.82) is 0 Å². The Kier molecular flexibility index (Phi) is 2.12. The first-order valence-corrected chi connectivity index (χ1v) is 6.33. The average molecular weight is 212 g/mol. The number of hydrogen-bond acceptors (Lipinski definition) is 3. The summed E-state index contributed by atoms with van der Waals surface area (Å²) in [5, 5.41) is 0. The third kappa shape index (κ3) is 1.81. The first-order valence-electron chi connectivity index (χ1n) is 4.44. The summed E-state index contributed by atoms with van der Waals surface area (Å²) in [5.74, 6) is 0. The Labute approximate surface area is 83.6 Å². The van der Waals surface area contributed by atoms with Crippen LogP contribution in [0.15, 0.2) is 29.2 Å². The molecule has 1 fully saturated rings. The lowest BCUT2D eigenvalue weighted by atomic mass is 10.1. The monoisotopic (exact) mass is 212 g/mol. The average Bonchev–Trinajstić information content (AvgIpc) is 2.81. The molecule has 0 bridgehead atoms. The molecule has 14 heavy (non-hydrogen) atoms. The van der Waals surface area contributed by atoms with Crippen molar-refractivity contribution in [3.8, 4) is 0 Å². The van der Waals surface area contributed by atoms with Crippen LogP contribution in [-0.4, -0.2) is 20.8 Å². The van der Waals surface area contributed by atoms with Gasteiger partial charge in [0.25, 0.3) is 0 Å². The Hall–Kier alpha value is -0.870. The van der Waals surface area contributed by atoms with Crippen molar-refractivity contribution in [1.82, 2.24) is 0 Å². The third-order valence-electron chi connectivity index (χ3n) is 2.35. The zero-order valence-electron chi connectivity index (χ0n) is 8.10. The van der Waals surface area contributed by atoms with E-state index in [9.17, 15) is 8.42 Å². The zero-order valence-corrected chi connectivity index (χ0v) is 8.91. The highest BCUT2D eigenvalue weighted by Gasteiger charge is 2.35. The molecule has 1 aliphatic rings. The van der Waals surface area contributed by atoms with Gasteiger partial charge in [0.1, 0.15) is 6.10 Å². The van der Waals surface area contributed by atoms with Gasteiger partial charge in [-0.05, 0) is 24.6 Å². The van der Waals surface area contributed by atoms with Gasteiger partial charge in [0.15, 0.2) is 9.84 Å². The lowest BCUT2D eigenvalue weighted by Crippen LogP contribution is -1.96. The molecule has 1 aromatic carbocycles. The second kappa shape index (κ2) is 3.07. The summed E-state index contributed by atoms with van der Waals surface area (Å²) in [6.45, 7) is 2.00. The molecule has 2 unspecified atom stereocenters. The summed E-state index contributed by atoms with van der Waals surface area (Å²) < 4.78 is 27.6. The predicted octanol–water partition coefficient (Wildman–Crippen LogP) is 1.55. The summed E-state index contributed by atoms with van der Waals surface area (Å²) in [4.78, 5) is 0.356. The summed E-state index contributed by atoms with van der Waals surface area (Å²) in [7, 11) is -3.08. The minimum Gasteiger partial charge on any atom is -0.365 e. The van der Waals surface area contributed by atoms with E-state index in [1.54, 1.807) is 12.1 Å². The Morgan fingerprint density at radius 1 is 1.21 bits per heavy atom. The molecule has 0 aliphatic carbocycles. The first-order chi connectivity index (χ1) is 6.48. The first kappa shape index (κ1) is 9.68. The van der Waals surface area contributed by atoms with Gasteiger partial charge in [-0.2, -0.15) is 0 Å². The van der Waals surface area contributed by atoms with E-state index in [0.29, 0.717) is 4.90 Å². The molecule has 0 amide bonds. The van der Waals surface area contributed by atoms with Crippen LogP contribution in [0, 0.1) is 0 Å². The Balaban J connectivity index is 2.27. The van der Waals surface area contributed by atoms with Crippen LogP contribution < -0.4 is 0 Å². The van der Waals surface area contributed by atoms with Gasteiger partial charge in [0, 0.05) is 6.26 Å². The maximum Gasteiger partial charge on any atom is 0.175 e. The Morgan fingerprint density at radius 2 is 1.71 bits per heavy atom. The summed E-state index contributed by atoms with van der Waals surface area (Å²) in [6.07, 6.45) is 1.63. The van der Waals surface area contributed by atoms with Crippen molar-refractivity contribution in [3.05, 3.63) is 29.8 Å². The smallest absolute Gasteiger partial charge is 0.175 e. The van der Waals surface area contributed by atoms with Crippen LogP contribution in [0.1, 0.15) is 18.6 Å². The second-order valence-corrected chi connectivity index (χ2v) is 5.62. The van der Waals surface area contributed by atoms with Crippen molar-refractivity contribution in [2.24, 2.45) is 0 Å². The molecule has 3 nitrogen and oxygen atoms in total. The van der Waals surface area contributed by atoms with Crippen LogP contribution in [0.4, 0.5) is 0 Å². The van der Waals surface area contributed by atoms with Crippen molar-refractivity contribution in [2.75, 3.05) is 6.26 Å². The minimum absolute atomic E-state index is 0.156. The van der Waals surface area contributed by atoms with E-state index < -0.39 is 9.84 Å². The quantitative estimate of drug-likeness (QED) is 0.699. The normalized spacial score (nSPS) is 26.1. The van der Waals surface area contributed by atoms with Gasteiger partial charge in [-0.15, -0.1) is 0 Å². The van der Waals surface area contributed by atoms with Crippen LogP contribution in [0.5, 0.6) is 0 Å². The van der Waals surface area contributed by atoms with Gasteiger partial charge in [-0.25, -0.2) is 8.42 Å². The molecule has 1 aliphatic heterocycles. The topological polar surface area (TPSA) is 46.7 Å². The Bertz CT molecular complexity index is 433. The molecular formula is C10H12O3S. The SMILES string of the molecule is CC1OC1c1ccc(S(C)(=O)=O)cc1. The number of epoxide rings is 1. The van der Waals surface area contributed by atoms with E-state index in [2.05, 4.69) is 0 Å². The molecule has 0 aromatic heterocycles. The lowest BCUT2D eigenvalue weighted by Gasteiger charge is -1.99. The highest BCUT2D eigenvalue weighted by molar-refractivity contribution is 7.90. The molecule has 2 rings (SSSR count). The number of ether oxygens (including phenoxy) is 1. The number of sulfone groups is 1. The summed E-state index contributed by atoms with van der Waals surface area (Å²) >= 11 is 0. The molecule has 4 heteroatoms. The molecule has 76 valence electrons. The fourth-order valence-corrected chi connectivity index (χ4v) is 2.07. The van der Waals surface area contributed by atoms with Crippen LogP contribution in [0.25, 0.3) is 0 Å². The largest absolute Gasteiger partial charge is 0.365 e. The minimum atomic E-state index is -3.08. The standard InChI is InChI=1S/C10H12O3S/c1-7-10(13-7)8-3-5-9(6-4-8)14(2,11)12/h3-7,10H,1-2H3. The Morgan fingerprint density at radius 3 is 2.07 bits per heavy atom. The molecule has 2 atom stereocenters. The van der Waals surface area contributed by atoms with E-state index in [4.69, 9.17) is 4.74 Å². The van der Waals surface area contributed by atoms with Crippen LogP contribution in [0.2, 0.25) is 0 Å². The van der Waals surface area contributed by atoms with Crippen LogP contribution in [0.3, 0.4) is 0 Å². The molecule has 0 radical (unpaired) electrons. The fourth-order valence-electron chi connectivity index (χ4n) is 1.44. The highest BCUT2D eigenvalue weighted by atomic mass is 32.2. The van der Waals surface area contributed by atoms with Crippen LogP contribution in [-0.2, 0) is 14.6 Å². The van der Waals surface area contributed by atoms with Crippen molar-refractivity contribution < 1.29 is 13.2 Å². The van der Waals surface area contributed by atoms with Gasteiger partial charge >= 0.3 is 0 Å². The molecule has 1 aromatic rings.